The number of rotatable bonds is 1. The highest BCUT2D eigenvalue weighted by atomic mass is 14.7. The predicted molar refractivity (Wildman–Crippen MR) is 61.9 cm³/mol. The number of hydrogen-bond acceptors (Lipinski definition) is 1. The van der Waals surface area contributed by atoms with E-state index in [0.717, 1.165) is 12.8 Å². The molecule has 1 aliphatic carbocycles. The Balaban J connectivity index is 2.18. The van der Waals surface area contributed by atoms with E-state index in [4.69, 9.17) is 0 Å². The van der Waals surface area contributed by atoms with Gasteiger partial charge in [0.2, 0.25) is 0 Å². The third-order valence-electron chi connectivity index (χ3n) is 3.06. The van der Waals surface area contributed by atoms with Gasteiger partial charge in [-0.2, -0.15) is 0 Å². The standard InChI is InChI=1S/C14H13N/c1-2-11-7-8-13-12-6-4-3-5-10(12)9-14(13)15-11/h3-8H,2,9H2,1H3. The normalized spacial score (nSPS) is 12.3. The van der Waals surface area contributed by atoms with Gasteiger partial charge in [-0.25, -0.2) is 0 Å². The number of benzene rings is 1. The summed E-state index contributed by atoms with van der Waals surface area (Å²) in [4.78, 5) is 4.69. The van der Waals surface area contributed by atoms with E-state index in [0.29, 0.717) is 0 Å². The lowest BCUT2D eigenvalue weighted by atomic mass is 10.1. The third kappa shape index (κ3) is 1.27. The minimum Gasteiger partial charge on any atom is -0.257 e. The Morgan fingerprint density at radius 3 is 2.80 bits per heavy atom. The summed E-state index contributed by atoms with van der Waals surface area (Å²) in [5.74, 6) is 0. The van der Waals surface area contributed by atoms with Crippen molar-refractivity contribution in [3.63, 3.8) is 0 Å². The first-order chi connectivity index (χ1) is 7.38. The average molecular weight is 195 g/mol. The van der Waals surface area contributed by atoms with Crippen LogP contribution in [0.25, 0.3) is 11.1 Å². The summed E-state index contributed by atoms with van der Waals surface area (Å²) in [5, 5.41) is 0. The molecule has 0 radical (unpaired) electrons. The van der Waals surface area contributed by atoms with E-state index < -0.39 is 0 Å². The lowest BCUT2D eigenvalue weighted by Crippen LogP contribution is -1.92. The molecule has 0 N–H and O–H groups in total. The van der Waals surface area contributed by atoms with E-state index in [1.54, 1.807) is 0 Å². The van der Waals surface area contributed by atoms with E-state index in [1.165, 1.54) is 28.1 Å². The molecule has 0 saturated carbocycles. The van der Waals surface area contributed by atoms with Gasteiger partial charge >= 0.3 is 0 Å². The fourth-order valence-corrected chi connectivity index (χ4v) is 2.24. The van der Waals surface area contributed by atoms with Gasteiger partial charge in [0.25, 0.3) is 0 Å². The van der Waals surface area contributed by atoms with Gasteiger partial charge in [-0.05, 0) is 23.6 Å². The molecule has 0 saturated heterocycles. The van der Waals surface area contributed by atoms with Crippen molar-refractivity contribution in [3.8, 4) is 11.1 Å². The molecule has 0 aliphatic heterocycles. The van der Waals surface area contributed by atoms with Gasteiger partial charge < -0.3 is 0 Å². The second-order valence-corrected chi connectivity index (χ2v) is 3.98. The lowest BCUT2D eigenvalue weighted by Gasteiger charge is -2.01. The smallest absolute Gasteiger partial charge is 0.0529 e. The Morgan fingerprint density at radius 1 is 1.07 bits per heavy atom. The Hall–Kier alpha value is -1.63. The molecule has 2 aromatic rings. The number of aryl methyl sites for hydroxylation is 1. The monoisotopic (exact) mass is 195 g/mol. The highest BCUT2D eigenvalue weighted by Crippen LogP contribution is 2.35. The molecule has 0 amide bonds. The van der Waals surface area contributed by atoms with Crippen LogP contribution in [-0.2, 0) is 12.8 Å². The van der Waals surface area contributed by atoms with Crippen LogP contribution in [0.2, 0.25) is 0 Å². The molecule has 1 aromatic heterocycles. The summed E-state index contributed by atoms with van der Waals surface area (Å²) < 4.78 is 0. The summed E-state index contributed by atoms with van der Waals surface area (Å²) >= 11 is 0. The molecule has 1 nitrogen and oxygen atoms in total. The molecule has 15 heavy (non-hydrogen) atoms. The fourth-order valence-electron chi connectivity index (χ4n) is 2.24. The number of nitrogens with zero attached hydrogens (tertiary/aromatic N) is 1. The second kappa shape index (κ2) is 3.20. The van der Waals surface area contributed by atoms with Crippen molar-refractivity contribution >= 4 is 0 Å². The van der Waals surface area contributed by atoms with E-state index >= 15 is 0 Å². The number of aromatic nitrogens is 1. The van der Waals surface area contributed by atoms with Crippen LogP contribution in [0.4, 0.5) is 0 Å². The Kier molecular flexibility index (Phi) is 1.84. The highest BCUT2D eigenvalue weighted by molar-refractivity contribution is 5.75. The van der Waals surface area contributed by atoms with Gasteiger partial charge in [0, 0.05) is 17.7 Å². The molecule has 0 atom stereocenters. The molecule has 1 heterocycles. The molecular formula is C14H13N. The lowest BCUT2D eigenvalue weighted by molar-refractivity contribution is 0.990. The van der Waals surface area contributed by atoms with E-state index in [-0.39, 0.29) is 0 Å². The summed E-state index contributed by atoms with van der Waals surface area (Å²) in [6, 6.07) is 12.9. The summed E-state index contributed by atoms with van der Waals surface area (Å²) in [6.45, 7) is 2.15. The quantitative estimate of drug-likeness (QED) is 0.581. The van der Waals surface area contributed by atoms with Crippen LogP contribution in [0.15, 0.2) is 36.4 Å². The largest absolute Gasteiger partial charge is 0.257 e. The molecule has 0 unspecified atom stereocenters. The maximum absolute atomic E-state index is 4.69. The van der Waals surface area contributed by atoms with Gasteiger partial charge in [0.15, 0.2) is 0 Å². The maximum Gasteiger partial charge on any atom is 0.0529 e. The van der Waals surface area contributed by atoms with Gasteiger partial charge in [-0.1, -0.05) is 37.3 Å². The summed E-state index contributed by atoms with van der Waals surface area (Å²) in [7, 11) is 0. The Morgan fingerprint density at radius 2 is 1.93 bits per heavy atom. The zero-order valence-corrected chi connectivity index (χ0v) is 8.83. The van der Waals surface area contributed by atoms with Crippen molar-refractivity contribution in [2.75, 3.05) is 0 Å². The Bertz CT molecular complexity index is 514. The zero-order chi connectivity index (χ0) is 10.3. The first kappa shape index (κ1) is 8.66. The summed E-state index contributed by atoms with van der Waals surface area (Å²) in [6.07, 6.45) is 2.02. The van der Waals surface area contributed by atoms with Crippen LogP contribution >= 0.6 is 0 Å². The van der Waals surface area contributed by atoms with Gasteiger partial charge in [-0.15, -0.1) is 0 Å². The highest BCUT2D eigenvalue weighted by Gasteiger charge is 2.18. The number of pyridine rings is 1. The van der Waals surface area contributed by atoms with E-state index in [2.05, 4.69) is 48.3 Å². The second-order valence-electron chi connectivity index (χ2n) is 3.98. The molecule has 1 heteroatoms. The molecule has 3 rings (SSSR count). The molecule has 1 aliphatic rings. The van der Waals surface area contributed by atoms with E-state index in [1.807, 2.05) is 0 Å². The van der Waals surface area contributed by atoms with Crippen molar-refractivity contribution in [2.45, 2.75) is 19.8 Å². The minimum absolute atomic E-state index is 0.999. The van der Waals surface area contributed by atoms with Crippen LogP contribution in [-0.4, -0.2) is 4.98 Å². The van der Waals surface area contributed by atoms with Crippen molar-refractivity contribution in [3.05, 3.63) is 53.3 Å². The van der Waals surface area contributed by atoms with Crippen molar-refractivity contribution in [1.29, 1.82) is 0 Å². The molecular weight excluding hydrogens is 182 g/mol. The van der Waals surface area contributed by atoms with Crippen LogP contribution < -0.4 is 0 Å². The van der Waals surface area contributed by atoms with Gasteiger partial charge in [0.1, 0.15) is 0 Å². The van der Waals surface area contributed by atoms with Crippen LogP contribution in [0.1, 0.15) is 23.9 Å². The first-order valence-electron chi connectivity index (χ1n) is 5.45. The first-order valence-corrected chi connectivity index (χ1v) is 5.45. The Labute approximate surface area is 89.8 Å². The van der Waals surface area contributed by atoms with Crippen LogP contribution in [0.3, 0.4) is 0 Å². The maximum atomic E-state index is 4.69. The molecule has 0 fully saturated rings. The molecule has 74 valence electrons. The predicted octanol–water partition coefficient (Wildman–Crippen LogP) is 3.22. The average Bonchev–Trinajstić information content (AvgIpc) is 2.66. The SMILES string of the molecule is CCc1ccc2c(n1)Cc1ccccc1-2. The third-order valence-corrected chi connectivity index (χ3v) is 3.06. The van der Waals surface area contributed by atoms with Crippen molar-refractivity contribution in [1.82, 2.24) is 4.98 Å². The molecule has 0 bridgehead atoms. The molecule has 1 aromatic carbocycles. The number of fused-ring (bicyclic) bond motifs is 3. The molecule has 0 spiro atoms. The van der Waals surface area contributed by atoms with Crippen LogP contribution in [0.5, 0.6) is 0 Å². The minimum atomic E-state index is 0.999. The van der Waals surface area contributed by atoms with Crippen molar-refractivity contribution in [2.24, 2.45) is 0 Å². The topological polar surface area (TPSA) is 12.9 Å². The zero-order valence-electron chi connectivity index (χ0n) is 8.83. The van der Waals surface area contributed by atoms with Gasteiger partial charge in [0.05, 0.1) is 5.69 Å². The van der Waals surface area contributed by atoms with Crippen molar-refractivity contribution < 1.29 is 0 Å². The summed E-state index contributed by atoms with van der Waals surface area (Å²) in [5.41, 5.74) is 6.54. The van der Waals surface area contributed by atoms with Gasteiger partial charge in [-0.3, -0.25) is 4.98 Å². The number of hydrogen-bond donors (Lipinski definition) is 0. The van der Waals surface area contributed by atoms with E-state index in [9.17, 15) is 0 Å². The fraction of sp³-hybridized carbons (Fsp3) is 0.214. The van der Waals surface area contributed by atoms with Crippen LogP contribution in [0, 0.1) is 0 Å².